The summed E-state index contributed by atoms with van der Waals surface area (Å²) < 4.78 is 12.4. The number of hydrogen-bond acceptors (Lipinski definition) is 4. The summed E-state index contributed by atoms with van der Waals surface area (Å²) in [7, 11) is 3.46. The molecule has 6 rings (SSSR count). The second-order valence-corrected chi connectivity index (χ2v) is 8.59. The fraction of sp³-hybridized carbons (Fsp3) is 0.0625. The summed E-state index contributed by atoms with van der Waals surface area (Å²) in [5.74, 6) is 1.57. The molecule has 36 heavy (non-hydrogen) atoms. The van der Waals surface area contributed by atoms with Crippen molar-refractivity contribution in [2.45, 2.75) is 0 Å². The number of aromatic nitrogens is 2. The molecular formula is C32H24N2O2. The largest absolute Gasteiger partial charge is 0.495 e. The van der Waals surface area contributed by atoms with Gasteiger partial charge in [-0.3, -0.25) is 9.97 Å². The molecule has 0 amide bonds. The molecule has 4 nitrogen and oxygen atoms in total. The average molecular weight is 469 g/mol. The summed E-state index contributed by atoms with van der Waals surface area (Å²) in [5, 5.41) is 4.41. The molecule has 0 fully saturated rings. The summed E-state index contributed by atoms with van der Waals surface area (Å²) in [6.45, 7) is 0. The number of pyridine rings is 2. The van der Waals surface area contributed by atoms with Crippen LogP contribution >= 0.6 is 0 Å². The molecule has 0 saturated heterocycles. The summed E-state index contributed by atoms with van der Waals surface area (Å²) in [6.07, 6.45) is 7.31. The standard InChI is InChI=1S/C32H24N2O2/c1-35-31-27(23-11-7-15-33-19-23)17-21-9-3-5-13-25(21)29(31)30-26-14-6-4-10-22(26)18-28(32(30)36-2)24-12-8-16-34-20-24/h3-20H,1-2H3. The first-order valence-corrected chi connectivity index (χ1v) is 11.8. The van der Waals surface area contributed by atoms with Crippen molar-refractivity contribution in [2.75, 3.05) is 14.2 Å². The predicted molar refractivity (Wildman–Crippen MR) is 146 cm³/mol. The molecule has 0 spiro atoms. The Morgan fingerprint density at radius 2 is 0.972 bits per heavy atom. The lowest BCUT2D eigenvalue weighted by molar-refractivity contribution is 0.413. The summed E-state index contributed by atoms with van der Waals surface area (Å²) in [4.78, 5) is 8.74. The van der Waals surface area contributed by atoms with E-state index in [4.69, 9.17) is 9.47 Å². The quantitative estimate of drug-likeness (QED) is 0.259. The van der Waals surface area contributed by atoms with Gasteiger partial charge in [0, 0.05) is 58.2 Å². The topological polar surface area (TPSA) is 44.2 Å². The lowest BCUT2D eigenvalue weighted by Gasteiger charge is -2.22. The van der Waals surface area contributed by atoms with Gasteiger partial charge >= 0.3 is 0 Å². The molecule has 0 aliphatic carbocycles. The van der Waals surface area contributed by atoms with Gasteiger partial charge in [0.05, 0.1) is 14.2 Å². The van der Waals surface area contributed by atoms with E-state index in [1.54, 1.807) is 26.6 Å². The average Bonchev–Trinajstić information content (AvgIpc) is 2.96. The normalized spacial score (nSPS) is 11.1. The van der Waals surface area contributed by atoms with Gasteiger partial charge in [0.2, 0.25) is 0 Å². The van der Waals surface area contributed by atoms with E-state index >= 15 is 0 Å². The van der Waals surface area contributed by atoms with Gasteiger partial charge in [-0.2, -0.15) is 0 Å². The number of fused-ring (bicyclic) bond motifs is 2. The van der Waals surface area contributed by atoms with E-state index in [1.807, 2.05) is 24.5 Å². The van der Waals surface area contributed by atoms with Gasteiger partial charge in [0.1, 0.15) is 11.5 Å². The molecule has 0 radical (unpaired) electrons. The van der Waals surface area contributed by atoms with Gasteiger partial charge in [-0.1, -0.05) is 60.7 Å². The zero-order valence-electron chi connectivity index (χ0n) is 20.1. The van der Waals surface area contributed by atoms with E-state index < -0.39 is 0 Å². The third kappa shape index (κ3) is 3.55. The van der Waals surface area contributed by atoms with Crippen LogP contribution in [-0.2, 0) is 0 Å². The van der Waals surface area contributed by atoms with Gasteiger partial charge in [-0.05, 0) is 45.8 Å². The monoisotopic (exact) mass is 468 g/mol. The first-order valence-electron chi connectivity index (χ1n) is 11.8. The number of ether oxygens (including phenoxy) is 2. The maximum Gasteiger partial charge on any atom is 0.135 e. The zero-order valence-corrected chi connectivity index (χ0v) is 20.1. The van der Waals surface area contributed by atoms with Crippen LogP contribution in [0.2, 0.25) is 0 Å². The number of hydrogen-bond donors (Lipinski definition) is 0. The zero-order chi connectivity index (χ0) is 24.5. The van der Waals surface area contributed by atoms with Crippen LogP contribution in [0, 0.1) is 0 Å². The Morgan fingerprint density at radius 1 is 0.528 bits per heavy atom. The van der Waals surface area contributed by atoms with Gasteiger partial charge in [-0.15, -0.1) is 0 Å². The van der Waals surface area contributed by atoms with Crippen molar-refractivity contribution in [1.82, 2.24) is 9.97 Å². The fourth-order valence-electron chi connectivity index (χ4n) is 5.05. The minimum Gasteiger partial charge on any atom is -0.495 e. The predicted octanol–water partition coefficient (Wildman–Crippen LogP) is 7.80. The number of nitrogens with zero attached hydrogens (tertiary/aromatic N) is 2. The van der Waals surface area contributed by atoms with Crippen LogP contribution < -0.4 is 9.47 Å². The number of methoxy groups -OCH3 is 2. The summed E-state index contributed by atoms with van der Waals surface area (Å²) in [6, 6.07) is 29.2. The first-order chi connectivity index (χ1) is 17.8. The molecule has 0 aliphatic rings. The highest BCUT2D eigenvalue weighted by molar-refractivity contribution is 6.14. The van der Waals surface area contributed by atoms with Crippen LogP contribution in [-0.4, -0.2) is 24.2 Å². The Labute approximate surface area is 209 Å². The molecule has 4 aromatic carbocycles. The van der Waals surface area contributed by atoms with Gasteiger partial charge in [-0.25, -0.2) is 0 Å². The minimum absolute atomic E-state index is 0.786. The van der Waals surface area contributed by atoms with E-state index in [2.05, 4.69) is 82.8 Å². The Kier molecular flexibility index (Phi) is 5.55. The summed E-state index contributed by atoms with van der Waals surface area (Å²) >= 11 is 0. The van der Waals surface area contributed by atoms with Crippen molar-refractivity contribution in [3.8, 4) is 44.9 Å². The third-order valence-electron chi connectivity index (χ3n) is 6.61. The SMILES string of the molecule is COc1c(-c2cccnc2)cc2ccccc2c1-c1c(OC)c(-c2cccnc2)cc2ccccc12. The van der Waals surface area contributed by atoms with Crippen LogP contribution in [0.25, 0.3) is 54.9 Å². The van der Waals surface area contributed by atoms with Gasteiger partial charge in [0.15, 0.2) is 0 Å². The molecule has 2 aromatic heterocycles. The second kappa shape index (κ2) is 9.16. The Bertz CT molecular complexity index is 1570. The lowest BCUT2D eigenvalue weighted by Crippen LogP contribution is -1.99. The van der Waals surface area contributed by atoms with Crippen molar-refractivity contribution >= 4 is 21.5 Å². The third-order valence-corrected chi connectivity index (χ3v) is 6.61. The molecular weight excluding hydrogens is 444 g/mol. The molecule has 4 heteroatoms. The highest BCUT2D eigenvalue weighted by Gasteiger charge is 2.24. The Balaban J connectivity index is 1.82. The van der Waals surface area contributed by atoms with Crippen LogP contribution in [0.15, 0.2) is 110 Å². The highest BCUT2D eigenvalue weighted by Crippen LogP contribution is 2.51. The van der Waals surface area contributed by atoms with E-state index in [1.165, 1.54) is 0 Å². The van der Waals surface area contributed by atoms with Crippen LogP contribution in [0.1, 0.15) is 0 Å². The second-order valence-electron chi connectivity index (χ2n) is 8.59. The number of rotatable bonds is 5. The molecule has 0 bridgehead atoms. The van der Waals surface area contributed by atoms with Gasteiger partial charge in [0.25, 0.3) is 0 Å². The summed E-state index contributed by atoms with van der Waals surface area (Å²) in [5.41, 5.74) is 5.94. The number of benzene rings is 4. The van der Waals surface area contributed by atoms with E-state index in [0.29, 0.717) is 0 Å². The molecule has 0 atom stereocenters. The lowest BCUT2D eigenvalue weighted by atomic mass is 9.86. The van der Waals surface area contributed by atoms with Gasteiger partial charge < -0.3 is 9.47 Å². The molecule has 0 N–H and O–H groups in total. The highest BCUT2D eigenvalue weighted by atomic mass is 16.5. The van der Waals surface area contributed by atoms with Crippen molar-refractivity contribution in [3.05, 3.63) is 110 Å². The Hall–Kier alpha value is -4.70. The van der Waals surface area contributed by atoms with E-state index in [9.17, 15) is 0 Å². The minimum atomic E-state index is 0.786. The van der Waals surface area contributed by atoms with E-state index in [0.717, 1.165) is 66.4 Å². The molecule has 6 aromatic rings. The molecule has 174 valence electrons. The molecule has 0 saturated carbocycles. The fourth-order valence-corrected chi connectivity index (χ4v) is 5.05. The van der Waals surface area contributed by atoms with E-state index in [-0.39, 0.29) is 0 Å². The van der Waals surface area contributed by atoms with Crippen molar-refractivity contribution in [3.63, 3.8) is 0 Å². The molecule has 0 unspecified atom stereocenters. The Morgan fingerprint density at radius 3 is 1.36 bits per heavy atom. The maximum atomic E-state index is 6.19. The molecule has 0 aliphatic heterocycles. The maximum absolute atomic E-state index is 6.19. The molecule has 2 heterocycles. The van der Waals surface area contributed by atoms with Crippen molar-refractivity contribution in [2.24, 2.45) is 0 Å². The van der Waals surface area contributed by atoms with Crippen LogP contribution in [0.5, 0.6) is 11.5 Å². The smallest absolute Gasteiger partial charge is 0.135 e. The van der Waals surface area contributed by atoms with Crippen molar-refractivity contribution in [1.29, 1.82) is 0 Å². The first kappa shape index (κ1) is 21.8. The van der Waals surface area contributed by atoms with Crippen molar-refractivity contribution < 1.29 is 9.47 Å². The van der Waals surface area contributed by atoms with Crippen LogP contribution in [0.3, 0.4) is 0 Å². The van der Waals surface area contributed by atoms with Crippen LogP contribution in [0.4, 0.5) is 0 Å².